The van der Waals surface area contributed by atoms with Crippen LogP contribution in [0.3, 0.4) is 0 Å². The van der Waals surface area contributed by atoms with Crippen LogP contribution in [0.1, 0.15) is 36.4 Å². The Morgan fingerprint density at radius 3 is 2.62 bits per heavy atom. The number of benzene rings is 1. The molecule has 1 aliphatic rings. The lowest BCUT2D eigenvalue weighted by Crippen LogP contribution is -2.37. The van der Waals surface area contributed by atoms with Crippen LogP contribution in [-0.4, -0.2) is 29.1 Å². The van der Waals surface area contributed by atoms with Gasteiger partial charge in [-0.15, -0.1) is 0 Å². The van der Waals surface area contributed by atoms with Gasteiger partial charge in [-0.1, -0.05) is 12.5 Å². The van der Waals surface area contributed by atoms with Crippen molar-refractivity contribution in [3.8, 4) is 0 Å². The predicted octanol–water partition coefficient (Wildman–Crippen LogP) is 3.46. The average Bonchev–Trinajstić information content (AvgIpc) is 2.38. The van der Waals surface area contributed by atoms with E-state index >= 15 is 0 Å². The van der Waals surface area contributed by atoms with Crippen molar-refractivity contribution in [2.24, 2.45) is 0 Å². The number of hydrogen-bond acceptors (Lipinski definition) is 2. The number of carboxylic acids is 1. The van der Waals surface area contributed by atoms with Gasteiger partial charge < -0.3 is 5.11 Å². The van der Waals surface area contributed by atoms with Crippen LogP contribution in [0.2, 0.25) is 0 Å². The van der Waals surface area contributed by atoms with Crippen molar-refractivity contribution in [3.05, 3.63) is 35.1 Å². The Balaban J connectivity index is 2.28. The molecule has 1 unspecified atom stereocenters. The van der Waals surface area contributed by atoms with E-state index in [1.807, 2.05) is 0 Å². The van der Waals surface area contributed by atoms with Crippen molar-refractivity contribution in [2.75, 3.05) is 13.1 Å². The van der Waals surface area contributed by atoms with E-state index in [2.05, 4.69) is 0 Å². The van der Waals surface area contributed by atoms with Gasteiger partial charge >= 0.3 is 12.1 Å². The van der Waals surface area contributed by atoms with E-state index in [0.717, 1.165) is 25.0 Å². The Hall–Kier alpha value is -1.63. The Morgan fingerprint density at radius 2 is 2.05 bits per heavy atom. The number of carboxylic acid groups (broad SMARTS) is 1. The van der Waals surface area contributed by atoms with Crippen molar-refractivity contribution in [1.29, 1.82) is 0 Å². The van der Waals surface area contributed by atoms with Crippen molar-refractivity contribution in [1.82, 2.24) is 4.90 Å². The minimum absolute atomic E-state index is 0.129. The number of rotatable bonds is 3. The molecule has 7 heteroatoms. The number of halogens is 4. The third-order valence-electron chi connectivity index (χ3n) is 3.64. The maximum absolute atomic E-state index is 14.0. The maximum Gasteiger partial charge on any atom is 0.416 e. The molecule has 1 heterocycles. The smallest absolute Gasteiger partial charge is 0.416 e. The van der Waals surface area contributed by atoms with E-state index in [1.54, 1.807) is 4.90 Å². The predicted molar refractivity (Wildman–Crippen MR) is 67.2 cm³/mol. The summed E-state index contributed by atoms with van der Waals surface area (Å²) in [6.07, 6.45) is -2.46. The normalized spacial score (nSPS) is 20.5. The van der Waals surface area contributed by atoms with Crippen molar-refractivity contribution in [3.63, 3.8) is 0 Å². The van der Waals surface area contributed by atoms with Gasteiger partial charge in [0, 0.05) is 11.6 Å². The number of nitrogens with zero attached hydrogens (tertiary/aromatic N) is 1. The molecule has 0 aliphatic carbocycles. The van der Waals surface area contributed by atoms with Gasteiger partial charge in [0.15, 0.2) is 0 Å². The topological polar surface area (TPSA) is 40.5 Å². The Bertz CT molecular complexity index is 530. The van der Waals surface area contributed by atoms with Gasteiger partial charge in [0.25, 0.3) is 0 Å². The highest BCUT2D eigenvalue weighted by molar-refractivity contribution is 5.69. The number of alkyl halides is 3. The molecular weight excluding hydrogens is 290 g/mol. The highest BCUT2D eigenvalue weighted by atomic mass is 19.4. The van der Waals surface area contributed by atoms with Crippen LogP contribution in [0.4, 0.5) is 17.6 Å². The minimum Gasteiger partial charge on any atom is -0.480 e. The molecule has 0 bridgehead atoms. The largest absolute Gasteiger partial charge is 0.480 e. The van der Waals surface area contributed by atoms with Crippen LogP contribution in [0.25, 0.3) is 0 Å². The van der Waals surface area contributed by atoms with Crippen molar-refractivity contribution in [2.45, 2.75) is 31.5 Å². The first-order chi connectivity index (χ1) is 9.79. The second-order valence-electron chi connectivity index (χ2n) is 5.11. The van der Waals surface area contributed by atoms with Crippen LogP contribution in [0, 0.1) is 5.82 Å². The fourth-order valence-electron chi connectivity index (χ4n) is 2.68. The monoisotopic (exact) mass is 305 g/mol. The van der Waals surface area contributed by atoms with E-state index in [1.165, 1.54) is 0 Å². The number of piperidine rings is 1. The summed E-state index contributed by atoms with van der Waals surface area (Å²) in [6, 6.07) is 1.94. The van der Waals surface area contributed by atoms with E-state index in [4.69, 9.17) is 5.11 Å². The standard InChI is InChI=1S/C14H15F4NO2/c15-11-7-9(14(16,17)18)4-5-10(11)12-3-1-2-6-19(12)8-13(20)21/h4-5,7,12H,1-3,6,8H2,(H,20,21). The first-order valence-corrected chi connectivity index (χ1v) is 6.61. The minimum atomic E-state index is -4.59. The summed E-state index contributed by atoms with van der Waals surface area (Å²) >= 11 is 0. The average molecular weight is 305 g/mol. The Labute approximate surface area is 119 Å². The molecule has 0 radical (unpaired) electrons. The molecule has 1 saturated heterocycles. The zero-order valence-electron chi connectivity index (χ0n) is 11.2. The first kappa shape index (κ1) is 15.8. The van der Waals surface area contributed by atoms with E-state index in [-0.39, 0.29) is 12.1 Å². The van der Waals surface area contributed by atoms with E-state index < -0.39 is 29.6 Å². The maximum atomic E-state index is 14.0. The highest BCUT2D eigenvalue weighted by Crippen LogP contribution is 2.35. The molecule has 116 valence electrons. The summed E-state index contributed by atoms with van der Waals surface area (Å²) in [7, 11) is 0. The lowest BCUT2D eigenvalue weighted by Gasteiger charge is -2.35. The van der Waals surface area contributed by atoms with Gasteiger partial charge in [-0.3, -0.25) is 9.69 Å². The number of carbonyl (C=O) groups is 1. The highest BCUT2D eigenvalue weighted by Gasteiger charge is 2.33. The molecule has 1 atom stereocenters. The number of aliphatic carboxylic acids is 1. The number of hydrogen-bond donors (Lipinski definition) is 1. The molecule has 1 aliphatic heterocycles. The van der Waals surface area contributed by atoms with Crippen molar-refractivity contribution >= 4 is 5.97 Å². The summed E-state index contributed by atoms with van der Waals surface area (Å²) in [5, 5.41) is 8.87. The van der Waals surface area contributed by atoms with Crippen LogP contribution in [0.5, 0.6) is 0 Å². The zero-order valence-corrected chi connectivity index (χ0v) is 11.2. The lowest BCUT2D eigenvalue weighted by atomic mass is 9.94. The zero-order chi connectivity index (χ0) is 15.6. The molecule has 21 heavy (non-hydrogen) atoms. The van der Waals surface area contributed by atoms with Crippen LogP contribution in [-0.2, 0) is 11.0 Å². The molecule has 0 spiro atoms. The van der Waals surface area contributed by atoms with Crippen molar-refractivity contribution < 1.29 is 27.5 Å². The Kier molecular flexibility index (Phi) is 4.51. The van der Waals surface area contributed by atoms with Gasteiger partial charge in [0.1, 0.15) is 5.82 Å². The van der Waals surface area contributed by atoms with Gasteiger partial charge in [0.05, 0.1) is 12.1 Å². The summed E-state index contributed by atoms with van der Waals surface area (Å²) in [5.41, 5.74) is -0.909. The SMILES string of the molecule is O=C(O)CN1CCCCC1c1ccc(C(F)(F)F)cc1F. The van der Waals surface area contributed by atoms with Gasteiger partial charge in [-0.25, -0.2) is 4.39 Å². The van der Waals surface area contributed by atoms with Crippen LogP contribution >= 0.6 is 0 Å². The van der Waals surface area contributed by atoms with E-state index in [0.29, 0.717) is 19.0 Å². The quantitative estimate of drug-likeness (QED) is 0.870. The molecule has 1 aromatic rings. The second-order valence-corrected chi connectivity index (χ2v) is 5.11. The van der Waals surface area contributed by atoms with Gasteiger partial charge in [-0.05, 0) is 31.5 Å². The van der Waals surface area contributed by atoms with Crippen LogP contribution in [0.15, 0.2) is 18.2 Å². The third-order valence-corrected chi connectivity index (χ3v) is 3.64. The molecule has 3 nitrogen and oxygen atoms in total. The molecule has 1 fully saturated rings. The van der Waals surface area contributed by atoms with Gasteiger partial charge in [-0.2, -0.15) is 13.2 Å². The summed E-state index contributed by atoms with van der Waals surface area (Å²) in [6.45, 7) is 0.253. The van der Waals surface area contributed by atoms with E-state index in [9.17, 15) is 22.4 Å². The molecule has 1 aromatic carbocycles. The fraction of sp³-hybridized carbons (Fsp3) is 0.500. The molecular formula is C14H15F4NO2. The Morgan fingerprint density at radius 1 is 1.33 bits per heavy atom. The molecule has 0 aromatic heterocycles. The molecule has 0 amide bonds. The second kappa shape index (κ2) is 6.01. The van der Waals surface area contributed by atoms with Gasteiger partial charge in [0.2, 0.25) is 0 Å². The number of likely N-dealkylation sites (tertiary alicyclic amines) is 1. The lowest BCUT2D eigenvalue weighted by molar-refractivity contribution is -0.139. The summed E-state index contributed by atoms with van der Waals surface area (Å²) in [5.74, 6) is -1.97. The third kappa shape index (κ3) is 3.72. The molecule has 2 rings (SSSR count). The molecule has 1 N–H and O–H groups in total. The first-order valence-electron chi connectivity index (χ1n) is 6.61. The molecule has 0 saturated carbocycles. The van der Waals surface area contributed by atoms with Crippen LogP contribution < -0.4 is 0 Å². The summed E-state index contributed by atoms with van der Waals surface area (Å²) in [4.78, 5) is 12.4. The summed E-state index contributed by atoms with van der Waals surface area (Å²) < 4.78 is 51.6. The fourth-order valence-corrected chi connectivity index (χ4v) is 2.68.